The molecule has 29 heavy (non-hydrogen) atoms. The molecule has 152 valence electrons. The fourth-order valence-electron chi connectivity index (χ4n) is 4.34. The first-order valence-corrected chi connectivity index (χ1v) is 10.1. The summed E-state index contributed by atoms with van der Waals surface area (Å²) in [6.45, 7) is 6.19. The van der Waals surface area contributed by atoms with Crippen LogP contribution in [-0.2, 0) is 11.3 Å². The second-order valence-corrected chi connectivity index (χ2v) is 8.25. The first-order chi connectivity index (χ1) is 13.9. The molecule has 0 N–H and O–H groups in total. The summed E-state index contributed by atoms with van der Waals surface area (Å²) in [4.78, 5) is 46.3. The van der Waals surface area contributed by atoms with Crippen LogP contribution >= 0.6 is 0 Å². The lowest BCUT2D eigenvalue weighted by Crippen LogP contribution is -2.54. The maximum Gasteiger partial charge on any atom is 0.257 e. The van der Waals surface area contributed by atoms with Crippen molar-refractivity contribution in [2.75, 3.05) is 19.6 Å². The van der Waals surface area contributed by atoms with E-state index in [4.69, 9.17) is 0 Å². The Labute approximate surface area is 170 Å². The third kappa shape index (κ3) is 4.26. The fraction of sp³-hybridized carbons (Fsp3) is 0.524. The van der Waals surface area contributed by atoms with Crippen LogP contribution in [-0.4, -0.2) is 61.2 Å². The van der Waals surface area contributed by atoms with Gasteiger partial charge in [-0.3, -0.25) is 19.6 Å². The van der Waals surface area contributed by atoms with Crippen LogP contribution in [0.2, 0.25) is 0 Å². The van der Waals surface area contributed by atoms with E-state index in [0.717, 1.165) is 37.2 Å². The highest BCUT2D eigenvalue weighted by molar-refractivity contribution is 5.93. The lowest BCUT2D eigenvalue weighted by molar-refractivity contribution is -0.139. The van der Waals surface area contributed by atoms with E-state index < -0.39 is 0 Å². The number of carbonyl (C=O) groups is 2. The molecule has 2 amide bonds. The predicted molar refractivity (Wildman–Crippen MR) is 106 cm³/mol. The van der Waals surface area contributed by atoms with Gasteiger partial charge < -0.3 is 9.80 Å². The van der Waals surface area contributed by atoms with Crippen LogP contribution in [0.4, 0.5) is 0 Å². The van der Waals surface area contributed by atoms with Gasteiger partial charge in [-0.1, -0.05) is 0 Å². The zero-order valence-electron chi connectivity index (χ0n) is 17.0. The number of aromatic nitrogens is 4. The quantitative estimate of drug-likeness (QED) is 0.790. The normalized spacial score (nSPS) is 22.2. The summed E-state index contributed by atoms with van der Waals surface area (Å²) in [7, 11) is 0. The maximum atomic E-state index is 13.0. The van der Waals surface area contributed by atoms with Crippen LogP contribution in [0.25, 0.3) is 0 Å². The number of amides is 2. The third-order valence-electron chi connectivity index (χ3n) is 5.91. The molecular weight excluding hydrogens is 368 g/mol. The maximum absolute atomic E-state index is 13.0. The third-order valence-corrected chi connectivity index (χ3v) is 5.91. The number of aryl methyl sites for hydroxylation is 2. The van der Waals surface area contributed by atoms with Crippen molar-refractivity contribution >= 4 is 11.8 Å². The summed E-state index contributed by atoms with van der Waals surface area (Å²) in [5.41, 5.74) is 2.11. The molecule has 2 aromatic heterocycles. The Hall–Kier alpha value is -2.90. The van der Waals surface area contributed by atoms with Gasteiger partial charge in [-0.2, -0.15) is 0 Å². The van der Waals surface area contributed by atoms with Crippen molar-refractivity contribution in [3.8, 4) is 0 Å². The smallest absolute Gasteiger partial charge is 0.257 e. The highest BCUT2D eigenvalue weighted by atomic mass is 16.2. The van der Waals surface area contributed by atoms with Crippen molar-refractivity contribution < 1.29 is 9.59 Å². The molecule has 0 aliphatic carbocycles. The van der Waals surface area contributed by atoms with Crippen molar-refractivity contribution in [1.29, 1.82) is 0 Å². The molecule has 0 bridgehead atoms. The molecule has 2 fully saturated rings. The van der Waals surface area contributed by atoms with Crippen molar-refractivity contribution in [2.24, 2.45) is 5.41 Å². The SMILES string of the molecule is Cc1cnc(CN2C[C@@]3(CCCN(C(=O)c4cnc(C)nc4)C3)CCC2=O)cn1. The van der Waals surface area contributed by atoms with Gasteiger partial charge in [0, 0.05) is 50.1 Å². The zero-order valence-corrected chi connectivity index (χ0v) is 17.0. The minimum absolute atomic E-state index is 0.0306. The number of rotatable bonds is 3. The van der Waals surface area contributed by atoms with Gasteiger partial charge in [0.1, 0.15) is 5.82 Å². The van der Waals surface area contributed by atoms with E-state index in [1.807, 2.05) is 16.7 Å². The van der Waals surface area contributed by atoms with Crippen LogP contribution in [0.5, 0.6) is 0 Å². The van der Waals surface area contributed by atoms with Gasteiger partial charge in [-0.05, 0) is 33.1 Å². The largest absolute Gasteiger partial charge is 0.338 e. The highest BCUT2D eigenvalue weighted by Crippen LogP contribution is 2.39. The Morgan fingerprint density at radius 3 is 2.55 bits per heavy atom. The molecule has 8 heteroatoms. The molecule has 0 saturated carbocycles. The Bertz CT molecular complexity index is 892. The lowest BCUT2D eigenvalue weighted by Gasteiger charge is -2.48. The van der Waals surface area contributed by atoms with Gasteiger partial charge in [0.2, 0.25) is 5.91 Å². The van der Waals surface area contributed by atoms with Crippen molar-refractivity contribution in [3.05, 3.63) is 47.6 Å². The Kier molecular flexibility index (Phi) is 5.25. The van der Waals surface area contributed by atoms with Crippen LogP contribution in [0.3, 0.4) is 0 Å². The van der Waals surface area contributed by atoms with Crippen LogP contribution < -0.4 is 0 Å². The minimum Gasteiger partial charge on any atom is -0.338 e. The molecule has 2 aromatic rings. The zero-order chi connectivity index (χ0) is 20.4. The molecule has 0 radical (unpaired) electrons. The first kappa shape index (κ1) is 19.4. The van der Waals surface area contributed by atoms with Gasteiger partial charge in [0.05, 0.1) is 29.7 Å². The molecule has 1 spiro atoms. The van der Waals surface area contributed by atoms with E-state index in [-0.39, 0.29) is 17.2 Å². The van der Waals surface area contributed by atoms with E-state index >= 15 is 0 Å². The van der Waals surface area contributed by atoms with Crippen LogP contribution in [0.15, 0.2) is 24.8 Å². The Morgan fingerprint density at radius 2 is 1.83 bits per heavy atom. The Balaban J connectivity index is 1.47. The summed E-state index contributed by atoms with van der Waals surface area (Å²) in [6.07, 6.45) is 9.93. The van der Waals surface area contributed by atoms with E-state index in [0.29, 0.717) is 37.4 Å². The standard InChI is InChI=1S/C21H26N6O2/c1-15-8-25-18(11-22-15)12-27-14-21(6-4-19(27)28)5-3-7-26(13-21)20(29)17-9-23-16(2)24-10-17/h8-11H,3-7,12-14H2,1-2H3/t21-/m0/s1. The van der Waals surface area contributed by atoms with Crippen LogP contribution in [0, 0.1) is 19.3 Å². The number of nitrogens with zero attached hydrogens (tertiary/aromatic N) is 6. The number of hydrogen-bond acceptors (Lipinski definition) is 6. The summed E-state index contributed by atoms with van der Waals surface area (Å²) >= 11 is 0. The number of carbonyl (C=O) groups excluding carboxylic acids is 2. The summed E-state index contributed by atoms with van der Waals surface area (Å²) in [5.74, 6) is 0.766. The van der Waals surface area contributed by atoms with Gasteiger partial charge in [0.15, 0.2) is 0 Å². The molecule has 2 saturated heterocycles. The number of piperidine rings is 2. The molecule has 2 aliphatic rings. The van der Waals surface area contributed by atoms with E-state index in [9.17, 15) is 9.59 Å². The predicted octanol–water partition coefficient (Wildman–Crippen LogP) is 1.93. The molecule has 2 aliphatic heterocycles. The molecule has 4 rings (SSSR count). The second-order valence-electron chi connectivity index (χ2n) is 8.25. The van der Waals surface area contributed by atoms with E-state index in [2.05, 4.69) is 19.9 Å². The monoisotopic (exact) mass is 394 g/mol. The molecular formula is C21H26N6O2. The Morgan fingerprint density at radius 1 is 1.03 bits per heavy atom. The van der Waals surface area contributed by atoms with Crippen molar-refractivity contribution in [3.63, 3.8) is 0 Å². The molecule has 1 atom stereocenters. The van der Waals surface area contributed by atoms with Gasteiger partial charge in [-0.25, -0.2) is 9.97 Å². The van der Waals surface area contributed by atoms with Crippen LogP contribution in [0.1, 0.15) is 53.3 Å². The lowest BCUT2D eigenvalue weighted by atomic mass is 9.73. The molecule has 4 heterocycles. The second kappa shape index (κ2) is 7.85. The number of hydrogen-bond donors (Lipinski definition) is 0. The average Bonchev–Trinajstić information content (AvgIpc) is 2.73. The summed E-state index contributed by atoms with van der Waals surface area (Å²) < 4.78 is 0. The molecule has 8 nitrogen and oxygen atoms in total. The average molecular weight is 394 g/mol. The van der Waals surface area contributed by atoms with Gasteiger partial charge >= 0.3 is 0 Å². The first-order valence-electron chi connectivity index (χ1n) is 10.1. The van der Waals surface area contributed by atoms with Crippen molar-refractivity contribution in [1.82, 2.24) is 29.7 Å². The van der Waals surface area contributed by atoms with E-state index in [1.54, 1.807) is 31.7 Å². The molecule has 0 unspecified atom stereocenters. The fourth-order valence-corrected chi connectivity index (χ4v) is 4.34. The van der Waals surface area contributed by atoms with Crippen molar-refractivity contribution in [2.45, 2.75) is 46.1 Å². The summed E-state index contributed by atoms with van der Waals surface area (Å²) in [6, 6.07) is 0. The minimum atomic E-state index is -0.0640. The van der Waals surface area contributed by atoms with E-state index in [1.165, 1.54) is 0 Å². The highest BCUT2D eigenvalue weighted by Gasteiger charge is 2.43. The van der Waals surface area contributed by atoms with Gasteiger partial charge in [-0.15, -0.1) is 0 Å². The molecule has 0 aromatic carbocycles. The van der Waals surface area contributed by atoms with Gasteiger partial charge in [0.25, 0.3) is 5.91 Å². The number of likely N-dealkylation sites (tertiary alicyclic amines) is 2. The topological polar surface area (TPSA) is 92.2 Å². The summed E-state index contributed by atoms with van der Waals surface area (Å²) in [5, 5.41) is 0.